The molecule has 3 saturated heterocycles. The number of nitrogens with one attached hydrogen (secondary N) is 6. The number of benzene rings is 6. The number of fused-ring (bicyclic) bond motifs is 3. The van der Waals surface area contributed by atoms with Gasteiger partial charge in [0.05, 0.1) is 38.4 Å². The first-order chi connectivity index (χ1) is 51.7. The summed E-state index contributed by atoms with van der Waals surface area (Å²) in [5, 5.41) is 48.9. The van der Waals surface area contributed by atoms with E-state index < -0.39 is 30.1 Å². The fraction of sp³-hybridized carbons (Fsp3) is 0.438. The number of ether oxygens (including phenoxy) is 3. The summed E-state index contributed by atoms with van der Waals surface area (Å²) >= 11 is 0. The van der Waals surface area contributed by atoms with Gasteiger partial charge in [-0.05, 0) is 157 Å². The molecule has 15 rings (SSSR count). The standard InChI is InChI=1S/C27H34N6O3S.C26H32N6O3S.C24H28N6O3S.3CH4/c1-37(34,35)29-16-6-2-3-7-19-33-31-26(30-32-33)22-12-10-21(11-13-22)24-20-27(14-17-28-18-15-27)36-25-9-5-4-8-23(24)25;1-36(33,34)28-15-5-2-6-18-32-30-25(29-31-32)21-11-9-20(10-12-21)23-19-26(13-16-27-17-14-26)35-24-8-4-3-7-22(23)24;1-34(31,32)26-13-4-16-30-28-23(27-29-30)19-9-7-18(8-10-19)21-17-24(11-14-25-15-12-24)33-22-6-3-2-5-20(21)22;;;/h4-5,8-13,20,28-29H,2-3,6-7,14-19H2,1H3;3-4,7-12,19,27-28H,2,5-6,13-18H2,1H3;2-3,5-10,17,25-26H,4,11-16H2,1H3;3*1H4. The molecule has 0 aliphatic carbocycles. The fourth-order valence-electron chi connectivity index (χ4n) is 14.1. The lowest BCUT2D eigenvalue weighted by Crippen LogP contribution is -2.46. The molecule has 6 aliphatic rings. The average molecular weight is 1560 g/mol. The highest BCUT2D eigenvalue weighted by atomic mass is 32.2. The quantitative estimate of drug-likeness (QED) is 0.0274. The summed E-state index contributed by atoms with van der Waals surface area (Å²) in [6.07, 6.45) is 22.9. The topological polar surface area (TPSA) is 333 Å². The maximum atomic E-state index is 11.2. The van der Waals surface area contributed by atoms with E-state index in [1.165, 1.54) is 34.0 Å². The van der Waals surface area contributed by atoms with Gasteiger partial charge in [0.1, 0.15) is 34.1 Å². The number of nitrogens with zero attached hydrogens (tertiary/aromatic N) is 12. The van der Waals surface area contributed by atoms with Gasteiger partial charge in [0, 0.05) is 91.5 Å². The second kappa shape index (κ2) is 37.6. The molecule has 110 heavy (non-hydrogen) atoms. The minimum Gasteiger partial charge on any atom is -0.482 e. The van der Waals surface area contributed by atoms with Crippen LogP contribution in [0.3, 0.4) is 0 Å². The molecule has 3 spiro atoms. The number of piperidine rings is 3. The molecule has 6 aromatic carbocycles. The van der Waals surface area contributed by atoms with E-state index in [0.29, 0.717) is 63.2 Å². The summed E-state index contributed by atoms with van der Waals surface area (Å²) in [7, 11) is -9.42. The first-order valence-electron chi connectivity index (χ1n) is 36.9. The van der Waals surface area contributed by atoms with Crippen LogP contribution in [0, 0.1) is 0 Å². The van der Waals surface area contributed by atoms with Crippen LogP contribution in [0.15, 0.2) is 164 Å². The van der Waals surface area contributed by atoms with Gasteiger partial charge >= 0.3 is 0 Å². The van der Waals surface area contributed by atoms with Gasteiger partial charge < -0.3 is 30.2 Å². The molecule has 588 valence electrons. The van der Waals surface area contributed by atoms with Gasteiger partial charge in [-0.3, -0.25) is 0 Å². The molecule has 0 radical (unpaired) electrons. The maximum absolute atomic E-state index is 11.2. The van der Waals surface area contributed by atoms with Crippen molar-refractivity contribution in [3.8, 4) is 51.4 Å². The molecule has 30 heteroatoms. The van der Waals surface area contributed by atoms with Crippen molar-refractivity contribution in [1.29, 1.82) is 0 Å². The zero-order chi connectivity index (χ0) is 74.3. The minimum absolute atomic E-state index is 0. The number of sulfonamides is 3. The van der Waals surface area contributed by atoms with E-state index in [0.717, 1.165) is 196 Å². The zero-order valence-electron chi connectivity index (χ0n) is 60.7. The Morgan fingerprint density at radius 3 is 0.900 bits per heavy atom. The summed E-state index contributed by atoms with van der Waals surface area (Å²) < 4.78 is 93.7. The Morgan fingerprint density at radius 2 is 0.600 bits per heavy atom. The van der Waals surface area contributed by atoms with Crippen LogP contribution in [-0.4, -0.2) is 180 Å². The predicted octanol–water partition coefficient (Wildman–Crippen LogP) is 10.5. The Kier molecular flexibility index (Phi) is 28.5. The van der Waals surface area contributed by atoms with E-state index >= 15 is 0 Å². The number of unbranched alkanes of at least 4 members (excludes halogenated alkanes) is 5. The normalized spacial score (nSPS) is 16.4. The van der Waals surface area contributed by atoms with Crippen molar-refractivity contribution >= 4 is 46.8 Å². The molecular formula is C80H106N18O9S3. The Bertz CT molecular complexity index is 4950. The van der Waals surface area contributed by atoms with E-state index in [4.69, 9.17) is 14.2 Å². The van der Waals surface area contributed by atoms with Crippen molar-refractivity contribution in [2.45, 2.75) is 149 Å². The zero-order valence-corrected chi connectivity index (χ0v) is 63.2. The Morgan fingerprint density at radius 1 is 0.345 bits per heavy atom. The monoisotopic (exact) mass is 1560 g/mol. The number of para-hydroxylation sites is 3. The SMILES string of the molecule is C.C.C.CS(=O)(=O)NCCCCCCn1nnc(-c2ccc(C3=CC4(CCNCC4)Oc4ccccc43)cc2)n1.CS(=O)(=O)NCCCCCn1nnc(-c2ccc(C3=CC4(CCNCC4)Oc4ccccc43)cc2)n1.CS(=O)(=O)NCCCn1nnc(-c2ccc(C3=CC4(CCNCC4)Oc4ccccc43)cc2)n1. The van der Waals surface area contributed by atoms with Crippen LogP contribution in [0.2, 0.25) is 0 Å². The number of rotatable bonds is 26. The van der Waals surface area contributed by atoms with E-state index in [9.17, 15) is 25.3 Å². The Hall–Kier alpha value is -9.24. The lowest BCUT2D eigenvalue weighted by molar-refractivity contribution is 0.0814. The van der Waals surface area contributed by atoms with Crippen LogP contribution in [0.1, 0.15) is 146 Å². The molecule has 9 aromatic rings. The average Bonchev–Trinajstić information content (AvgIpc) is 0.902. The summed E-state index contributed by atoms with van der Waals surface area (Å²) in [5.41, 5.74) is 12.3. The number of aryl methyl sites for hydroxylation is 3. The van der Waals surface area contributed by atoms with Crippen molar-refractivity contribution in [3.05, 3.63) is 197 Å². The third-order valence-electron chi connectivity index (χ3n) is 19.7. The first kappa shape index (κ1) is 83.2. The molecule has 0 atom stereocenters. The predicted molar refractivity (Wildman–Crippen MR) is 432 cm³/mol. The number of hydrogen-bond acceptors (Lipinski definition) is 21. The third-order valence-corrected chi connectivity index (χ3v) is 21.9. The summed E-state index contributed by atoms with van der Waals surface area (Å²) in [4.78, 5) is 4.73. The van der Waals surface area contributed by atoms with Gasteiger partial charge in [-0.2, -0.15) is 14.4 Å². The fourth-order valence-corrected chi connectivity index (χ4v) is 15.7. The van der Waals surface area contributed by atoms with E-state index in [1.54, 1.807) is 9.59 Å². The van der Waals surface area contributed by atoms with Crippen molar-refractivity contribution in [1.82, 2.24) is 90.7 Å². The molecule has 0 bridgehead atoms. The van der Waals surface area contributed by atoms with Gasteiger partial charge in [-0.1, -0.05) is 169 Å². The molecule has 0 saturated carbocycles. The lowest BCUT2D eigenvalue weighted by atomic mass is 9.83. The highest BCUT2D eigenvalue weighted by Crippen LogP contribution is 2.46. The molecule has 3 fully saturated rings. The maximum Gasteiger partial charge on any atom is 0.208 e. The van der Waals surface area contributed by atoms with Crippen LogP contribution in [-0.2, 0) is 49.7 Å². The molecule has 0 amide bonds. The van der Waals surface area contributed by atoms with Crippen molar-refractivity contribution < 1.29 is 39.5 Å². The van der Waals surface area contributed by atoms with Crippen molar-refractivity contribution in [2.24, 2.45) is 0 Å². The lowest BCUT2D eigenvalue weighted by Gasteiger charge is -2.40. The molecule has 9 heterocycles. The van der Waals surface area contributed by atoms with Gasteiger partial charge in [0.25, 0.3) is 0 Å². The van der Waals surface area contributed by atoms with Gasteiger partial charge in [0.2, 0.25) is 47.5 Å². The van der Waals surface area contributed by atoms with Gasteiger partial charge in [0.15, 0.2) is 0 Å². The highest BCUT2D eigenvalue weighted by Gasteiger charge is 2.40. The van der Waals surface area contributed by atoms with Crippen LogP contribution in [0.5, 0.6) is 17.2 Å². The molecular weight excluding hydrogens is 1450 g/mol. The molecule has 27 nitrogen and oxygen atoms in total. The summed E-state index contributed by atoms with van der Waals surface area (Å²) in [5.74, 6) is 4.57. The number of aromatic nitrogens is 12. The second-order valence-corrected chi connectivity index (χ2v) is 33.6. The van der Waals surface area contributed by atoms with Crippen molar-refractivity contribution in [2.75, 3.05) is 77.7 Å². The van der Waals surface area contributed by atoms with E-state index in [-0.39, 0.29) is 39.1 Å². The van der Waals surface area contributed by atoms with Crippen LogP contribution in [0.25, 0.3) is 50.9 Å². The van der Waals surface area contributed by atoms with Crippen LogP contribution in [0.4, 0.5) is 0 Å². The number of hydrogen-bond donors (Lipinski definition) is 6. The number of tetrazole rings is 3. The third kappa shape index (κ3) is 22.3. The van der Waals surface area contributed by atoms with E-state index in [1.807, 2.05) is 54.6 Å². The van der Waals surface area contributed by atoms with Gasteiger partial charge in [-0.15, -0.1) is 30.6 Å². The molecule has 0 unspecified atom stereocenters. The molecule has 6 aliphatic heterocycles. The van der Waals surface area contributed by atoms with Crippen LogP contribution >= 0.6 is 0 Å². The Labute approximate surface area is 648 Å². The van der Waals surface area contributed by atoms with E-state index in [2.05, 4.69) is 186 Å². The first-order valence-corrected chi connectivity index (χ1v) is 42.6. The molecule has 6 N–H and O–H groups in total. The largest absolute Gasteiger partial charge is 0.482 e. The molecule has 3 aromatic heterocycles. The Balaban J connectivity index is 0.000000173. The second-order valence-electron chi connectivity index (χ2n) is 28.1. The minimum atomic E-state index is -3.19. The van der Waals surface area contributed by atoms with Crippen LogP contribution < -0.4 is 44.3 Å². The summed E-state index contributed by atoms with van der Waals surface area (Å²) in [6.45, 7) is 8.76. The highest BCUT2D eigenvalue weighted by molar-refractivity contribution is 7.89. The van der Waals surface area contributed by atoms with Crippen molar-refractivity contribution in [3.63, 3.8) is 0 Å². The smallest absolute Gasteiger partial charge is 0.208 e. The van der Waals surface area contributed by atoms with Gasteiger partial charge in [-0.25, -0.2) is 39.4 Å². The summed E-state index contributed by atoms with van der Waals surface area (Å²) in [6, 6.07) is 49.6.